The average Bonchev–Trinajstić information content (AvgIpc) is 2.99. The van der Waals surface area contributed by atoms with Crippen LogP contribution in [0.1, 0.15) is 13.8 Å². The van der Waals surface area contributed by atoms with Gasteiger partial charge in [-0.15, -0.1) is 10.2 Å². The monoisotopic (exact) mass is 429 g/mol. The number of rotatable bonds is 5. The number of hydrogen-bond acceptors (Lipinski definition) is 3. The maximum absolute atomic E-state index is 13.6. The van der Waals surface area contributed by atoms with Crippen LogP contribution in [0.2, 0.25) is 15.1 Å². The van der Waals surface area contributed by atoms with E-state index in [1.807, 2.05) is 4.57 Å². The summed E-state index contributed by atoms with van der Waals surface area (Å²) in [5.74, 6) is 1.40. The minimum atomic E-state index is -0.481. The predicted octanol–water partition coefficient (Wildman–Crippen LogP) is 6.78. The lowest BCUT2D eigenvalue weighted by atomic mass is 10.2. The molecule has 0 aliphatic heterocycles. The third kappa shape index (κ3) is 4.17. The van der Waals surface area contributed by atoms with E-state index in [0.29, 0.717) is 38.2 Å². The number of hydrogen-bond donors (Lipinski definition) is 0. The summed E-state index contributed by atoms with van der Waals surface area (Å²) in [7, 11) is 0. The Morgan fingerprint density at radius 2 is 1.81 bits per heavy atom. The highest BCUT2D eigenvalue weighted by molar-refractivity contribution is 7.99. The zero-order chi connectivity index (χ0) is 18.8. The Bertz CT molecular complexity index is 943. The number of nitrogens with zero attached hydrogens (tertiary/aromatic N) is 3. The van der Waals surface area contributed by atoms with Gasteiger partial charge in [0.25, 0.3) is 0 Å². The molecule has 26 heavy (non-hydrogen) atoms. The van der Waals surface area contributed by atoms with Crippen LogP contribution in [0.3, 0.4) is 0 Å². The van der Waals surface area contributed by atoms with E-state index in [9.17, 15) is 4.39 Å². The van der Waals surface area contributed by atoms with Gasteiger partial charge in [-0.3, -0.25) is 4.57 Å². The summed E-state index contributed by atoms with van der Waals surface area (Å²) >= 11 is 19.9. The van der Waals surface area contributed by atoms with Gasteiger partial charge in [0, 0.05) is 16.3 Å². The molecule has 2 aromatic carbocycles. The summed E-state index contributed by atoms with van der Waals surface area (Å²) in [5, 5.41) is 10.3. The summed E-state index contributed by atoms with van der Waals surface area (Å²) in [6, 6.07) is 9.68. The van der Waals surface area contributed by atoms with Gasteiger partial charge in [0.2, 0.25) is 0 Å². The number of aromatic nitrogens is 3. The second-order valence-corrected chi connectivity index (χ2v) is 8.31. The highest BCUT2D eigenvalue weighted by Gasteiger charge is 2.19. The van der Waals surface area contributed by atoms with Crippen LogP contribution >= 0.6 is 46.6 Å². The normalized spacial score (nSPS) is 11.3. The fourth-order valence-corrected chi connectivity index (χ4v) is 3.88. The third-order valence-corrected chi connectivity index (χ3v) is 5.71. The van der Waals surface area contributed by atoms with Crippen LogP contribution in [0, 0.1) is 11.7 Å². The van der Waals surface area contributed by atoms with E-state index in [1.165, 1.54) is 6.07 Å². The van der Waals surface area contributed by atoms with Crippen molar-refractivity contribution >= 4 is 46.6 Å². The zero-order valence-corrected chi connectivity index (χ0v) is 17.1. The van der Waals surface area contributed by atoms with Crippen molar-refractivity contribution in [3.63, 3.8) is 0 Å². The van der Waals surface area contributed by atoms with Gasteiger partial charge in [0.05, 0.1) is 15.7 Å². The van der Waals surface area contributed by atoms with Crippen molar-refractivity contribution in [1.29, 1.82) is 0 Å². The van der Waals surface area contributed by atoms with Gasteiger partial charge in [-0.05, 0) is 42.3 Å². The molecule has 0 radical (unpaired) electrons. The van der Waals surface area contributed by atoms with Gasteiger partial charge in [-0.1, -0.05) is 60.4 Å². The first-order chi connectivity index (χ1) is 12.4. The molecule has 0 bridgehead atoms. The Morgan fingerprint density at radius 1 is 1.04 bits per heavy atom. The minimum absolute atomic E-state index is 0.0316. The summed E-state index contributed by atoms with van der Waals surface area (Å²) in [4.78, 5) is 0. The van der Waals surface area contributed by atoms with Crippen molar-refractivity contribution in [3.8, 4) is 17.1 Å². The van der Waals surface area contributed by atoms with Crippen LogP contribution < -0.4 is 0 Å². The van der Waals surface area contributed by atoms with Crippen LogP contribution in [0.5, 0.6) is 0 Å². The first kappa shape index (κ1) is 19.5. The predicted molar refractivity (Wildman–Crippen MR) is 107 cm³/mol. The standard InChI is InChI=1S/C18H15Cl3FN3S/c1-10(2)9-26-18-24-23-17(13-5-3-11(19)7-14(13)20)25(18)12-4-6-16(22)15(21)8-12/h3-8,10H,9H2,1-2H3. The molecule has 1 aromatic heterocycles. The Balaban J connectivity index is 2.16. The van der Waals surface area contributed by atoms with E-state index in [0.717, 1.165) is 5.75 Å². The molecule has 0 atom stereocenters. The van der Waals surface area contributed by atoms with Crippen LogP contribution in [0.25, 0.3) is 17.1 Å². The summed E-state index contributed by atoms with van der Waals surface area (Å²) in [6.07, 6.45) is 0. The molecule has 0 unspecified atom stereocenters. The molecular formula is C18H15Cl3FN3S. The van der Waals surface area contributed by atoms with E-state index in [2.05, 4.69) is 24.0 Å². The maximum Gasteiger partial charge on any atom is 0.196 e. The van der Waals surface area contributed by atoms with E-state index >= 15 is 0 Å². The highest BCUT2D eigenvalue weighted by atomic mass is 35.5. The molecule has 1 heterocycles. The molecule has 3 rings (SSSR count). The lowest BCUT2D eigenvalue weighted by Gasteiger charge is -2.12. The fourth-order valence-electron chi connectivity index (χ4n) is 2.31. The van der Waals surface area contributed by atoms with Crippen molar-refractivity contribution in [3.05, 3.63) is 57.3 Å². The molecule has 0 aliphatic rings. The van der Waals surface area contributed by atoms with E-state index < -0.39 is 5.82 Å². The molecular weight excluding hydrogens is 416 g/mol. The lowest BCUT2D eigenvalue weighted by molar-refractivity contribution is 0.627. The Hall–Kier alpha value is -1.27. The maximum atomic E-state index is 13.6. The van der Waals surface area contributed by atoms with Crippen molar-refractivity contribution in [1.82, 2.24) is 14.8 Å². The van der Waals surface area contributed by atoms with Crippen LogP contribution in [-0.4, -0.2) is 20.5 Å². The molecule has 0 spiro atoms. The number of thioether (sulfide) groups is 1. The van der Waals surface area contributed by atoms with Gasteiger partial charge >= 0.3 is 0 Å². The SMILES string of the molecule is CC(C)CSc1nnc(-c2ccc(Cl)cc2Cl)n1-c1ccc(F)c(Cl)c1. The second-order valence-electron chi connectivity index (χ2n) is 6.07. The quantitative estimate of drug-likeness (QED) is 0.418. The Morgan fingerprint density at radius 3 is 2.46 bits per heavy atom. The molecule has 136 valence electrons. The zero-order valence-electron chi connectivity index (χ0n) is 14.0. The first-order valence-electron chi connectivity index (χ1n) is 7.86. The highest BCUT2D eigenvalue weighted by Crippen LogP contribution is 2.34. The average molecular weight is 431 g/mol. The van der Waals surface area contributed by atoms with Gasteiger partial charge < -0.3 is 0 Å². The minimum Gasteiger partial charge on any atom is -0.270 e. The number of benzene rings is 2. The van der Waals surface area contributed by atoms with Gasteiger partial charge in [0.1, 0.15) is 5.82 Å². The van der Waals surface area contributed by atoms with Gasteiger partial charge in [-0.2, -0.15) is 0 Å². The molecule has 0 fully saturated rings. The van der Waals surface area contributed by atoms with Crippen LogP contribution in [0.15, 0.2) is 41.6 Å². The Labute approximate surface area is 170 Å². The van der Waals surface area contributed by atoms with Crippen molar-refractivity contribution in [2.45, 2.75) is 19.0 Å². The van der Waals surface area contributed by atoms with Gasteiger partial charge in [0.15, 0.2) is 11.0 Å². The molecule has 3 nitrogen and oxygen atoms in total. The summed E-state index contributed by atoms with van der Waals surface area (Å²) in [6.45, 7) is 4.25. The first-order valence-corrected chi connectivity index (χ1v) is 9.98. The van der Waals surface area contributed by atoms with E-state index in [4.69, 9.17) is 34.8 Å². The van der Waals surface area contributed by atoms with Crippen LogP contribution in [-0.2, 0) is 0 Å². The molecule has 8 heteroatoms. The molecule has 0 aliphatic carbocycles. The van der Waals surface area contributed by atoms with Crippen molar-refractivity contribution < 1.29 is 4.39 Å². The largest absolute Gasteiger partial charge is 0.270 e. The van der Waals surface area contributed by atoms with Crippen molar-refractivity contribution in [2.75, 3.05) is 5.75 Å². The van der Waals surface area contributed by atoms with E-state index in [1.54, 1.807) is 42.1 Å². The smallest absolute Gasteiger partial charge is 0.196 e. The second kappa shape index (κ2) is 8.17. The lowest BCUT2D eigenvalue weighted by Crippen LogP contribution is -2.02. The topological polar surface area (TPSA) is 30.7 Å². The van der Waals surface area contributed by atoms with Crippen LogP contribution in [0.4, 0.5) is 4.39 Å². The summed E-state index contributed by atoms with van der Waals surface area (Å²) < 4.78 is 15.4. The number of halogens is 4. The molecule has 0 saturated heterocycles. The third-order valence-electron chi connectivity index (χ3n) is 3.51. The van der Waals surface area contributed by atoms with E-state index in [-0.39, 0.29) is 5.02 Å². The van der Waals surface area contributed by atoms with Crippen molar-refractivity contribution in [2.24, 2.45) is 5.92 Å². The molecule has 0 amide bonds. The fraction of sp³-hybridized carbons (Fsp3) is 0.222. The molecule has 0 N–H and O–H groups in total. The summed E-state index contributed by atoms with van der Waals surface area (Å²) in [5.41, 5.74) is 1.34. The Kier molecular flexibility index (Phi) is 6.13. The molecule has 0 saturated carbocycles. The molecule has 3 aromatic rings. The van der Waals surface area contributed by atoms with Gasteiger partial charge in [-0.25, -0.2) is 4.39 Å².